The number of hydrogen-bond donors (Lipinski definition) is 7. The fraction of sp³-hybridized carbons (Fsp3) is 0.438. The Hall–Kier alpha value is -3.38. The Morgan fingerprint density at radius 3 is 1.91 bits per heavy atom. The van der Waals surface area contributed by atoms with E-state index >= 15 is 0 Å². The summed E-state index contributed by atoms with van der Waals surface area (Å²) in [5.74, 6) is 4.80. The van der Waals surface area contributed by atoms with Gasteiger partial charge >= 0.3 is 0 Å². The van der Waals surface area contributed by atoms with Crippen LogP contribution in [0, 0.1) is 0 Å². The van der Waals surface area contributed by atoms with E-state index in [1.807, 2.05) is 13.8 Å². The third-order valence-corrected chi connectivity index (χ3v) is 5.33. The quantitative estimate of drug-likeness (QED) is 0.0821. The molecule has 1 amide bonds. The van der Waals surface area contributed by atoms with Crippen molar-refractivity contribution in [3.63, 3.8) is 0 Å². The predicted octanol–water partition coefficient (Wildman–Crippen LogP) is 2.33. The van der Waals surface area contributed by atoms with Gasteiger partial charge in [0.25, 0.3) is 11.1 Å². The minimum atomic E-state index is -0.554. The van der Waals surface area contributed by atoms with E-state index in [4.69, 9.17) is 10.8 Å². The number of nitrogen functional groups attached to an aromatic ring is 1. The average Bonchev–Trinajstić information content (AvgIpc) is 2.81. The van der Waals surface area contributed by atoms with Crippen LogP contribution in [-0.2, 0) is 4.79 Å². The van der Waals surface area contributed by atoms with Crippen LogP contribution in [0.25, 0.3) is 0 Å². The van der Waals surface area contributed by atoms with Gasteiger partial charge in [0.1, 0.15) is 0 Å². The Morgan fingerprint density at radius 1 is 1.03 bits per heavy atom. The van der Waals surface area contributed by atoms with Crippen LogP contribution in [0.4, 0.5) is 11.4 Å². The second kappa shape index (κ2) is 18.0. The van der Waals surface area contributed by atoms with Crippen molar-refractivity contribution >= 4 is 52.6 Å². The summed E-state index contributed by atoms with van der Waals surface area (Å²) in [6.45, 7) is 5.26. The lowest BCUT2D eigenvalue weighted by Gasteiger charge is -2.05. The van der Waals surface area contributed by atoms with E-state index in [0.717, 1.165) is 24.3 Å². The van der Waals surface area contributed by atoms with Gasteiger partial charge in [-0.2, -0.15) is 9.97 Å². The Morgan fingerprint density at radius 2 is 1.54 bits per heavy atom. The molecule has 0 atom stereocenters. The molecule has 2 aromatic rings. The number of hydrogen-bond acceptors (Lipinski definition) is 12. The normalized spacial score (nSPS) is 10.4. The van der Waals surface area contributed by atoms with Crippen molar-refractivity contribution < 1.29 is 15.0 Å². The predicted molar refractivity (Wildman–Crippen MR) is 134 cm³/mol. The van der Waals surface area contributed by atoms with Gasteiger partial charge in [0, 0.05) is 18.4 Å². The van der Waals surface area contributed by atoms with Gasteiger partial charge in [0.2, 0.25) is 17.7 Å². The number of rotatable bonds is 8. The fourth-order valence-corrected chi connectivity index (χ4v) is 3.21. The van der Waals surface area contributed by atoms with E-state index in [9.17, 15) is 19.5 Å². The highest BCUT2D eigenvalue weighted by molar-refractivity contribution is 7.99. The smallest absolute Gasteiger partial charge is 0.279 e. The van der Waals surface area contributed by atoms with E-state index in [0.29, 0.717) is 10.3 Å². The molecule has 0 bridgehead atoms. The number of carbonyl (C=O) groups is 1. The lowest BCUT2D eigenvalue weighted by Crippen LogP contribution is -2.19. The number of aromatic hydroxyl groups is 2. The van der Waals surface area contributed by atoms with Crippen LogP contribution < -0.4 is 28.0 Å². The second-order valence-corrected chi connectivity index (χ2v) is 8.24. The molecule has 2 rings (SSSR count). The van der Waals surface area contributed by atoms with E-state index in [-0.39, 0.29) is 11.4 Å². The number of nitrogens with one attached hydrogen (secondary N) is 3. The van der Waals surface area contributed by atoms with Crippen LogP contribution in [0.3, 0.4) is 0 Å². The van der Waals surface area contributed by atoms with Gasteiger partial charge < -0.3 is 27.1 Å². The summed E-state index contributed by atoms with van der Waals surface area (Å²) < 4.78 is 2.68. The molecule has 0 saturated carbocycles. The van der Waals surface area contributed by atoms with Crippen LogP contribution in [0.5, 0.6) is 11.8 Å². The van der Waals surface area contributed by atoms with Gasteiger partial charge in [-0.3, -0.25) is 24.4 Å². The Kier molecular flexibility index (Phi) is 16.3. The lowest BCUT2D eigenvalue weighted by atomic mass is 10.5. The van der Waals surface area contributed by atoms with Gasteiger partial charge in [-0.05, 0) is 23.3 Å². The maximum absolute atomic E-state index is 11.5. The first-order valence-electron chi connectivity index (χ1n) is 9.67. The molecule has 2 heterocycles. The van der Waals surface area contributed by atoms with E-state index < -0.39 is 28.8 Å². The molecule has 0 fully saturated rings. The molecule has 16 nitrogen and oxygen atoms in total. The third-order valence-electron chi connectivity index (χ3n) is 3.10. The zero-order chi connectivity index (χ0) is 26.8. The molecule has 0 saturated heterocycles. The molecule has 19 heteroatoms. The molecular formula is C16H26ClN11O5S2. The summed E-state index contributed by atoms with van der Waals surface area (Å²) >= 11 is 7.34. The van der Waals surface area contributed by atoms with Crippen molar-refractivity contribution in [1.29, 1.82) is 0 Å². The highest BCUT2D eigenvalue weighted by Gasteiger charge is 2.11. The Bertz CT molecular complexity index is 1100. The number of nitrogens with zero attached hydrogens (tertiary/aromatic N) is 6. The van der Waals surface area contributed by atoms with Crippen molar-refractivity contribution in [2.24, 2.45) is 26.1 Å². The topological polar surface area (TPSA) is 263 Å². The summed E-state index contributed by atoms with van der Waals surface area (Å²) in [6, 6.07) is 0. The summed E-state index contributed by atoms with van der Waals surface area (Å²) in [5.41, 5.74) is 3.72. The molecule has 0 unspecified atom stereocenters. The molecule has 2 aromatic heterocycles. The van der Waals surface area contributed by atoms with Gasteiger partial charge in [-0.15, -0.1) is 0 Å². The zero-order valence-corrected chi connectivity index (χ0v) is 21.4. The first kappa shape index (κ1) is 31.6. The molecule has 35 heavy (non-hydrogen) atoms. The van der Waals surface area contributed by atoms with Crippen LogP contribution in [0.1, 0.15) is 33.6 Å². The van der Waals surface area contributed by atoms with Crippen LogP contribution >= 0.6 is 35.3 Å². The fourth-order valence-electron chi connectivity index (χ4n) is 1.75. The van der Waals surface area contributed by atoms with E-state index in [2.05, 4.69) is 63.2 Å². The molecule has 0 aromatic carbocycles. The number of aromatic amines is 2. The maximum Gasteiger partial charge on any atom is 0.279 e. The van der Waals surface area contributed by atoms with Gasteiger partial charge in [-0.1, -0.05) is 47.2 Å². The number of halogens is 1. The van der Waals surface area contributed by atoms with Crippen molar-refractivity contribution in [1.82, 2.24) is 19.9 Å². The number of thioether (sulfide) groups is 2. The summed E-state index contributed by atoms with van der Waals surface area (Å²) in [4.78, 5) is 45.7. The number of aromatic nitrogens is 4. The summed E-state index contributed by atoms with van der Waals surface area (Å²) in [7, 11) is 0. The van der Waals surface area contributed by atoms with Crippen molar-refractivity contribution in [2.45, 2.75) is 43.9 Å². The SMILES string of the molecule is CCCSc1nc(O)c(N)c(=O)[nH]1.CCCSc1nc(O)c(NC(C)=O)c(=O)[nH]1.N/N=N/N=NCl. The minimum Gasteiger partial charge on any atom is -0.492 e. The average molecular weight is 552 g/mol. The second-order valence-electron chi connectivity index (χ2n) is 5.93. The molecule has 194 valence electrons. The van der Waals surface area contributed by atoms with Crippen LogP contribution in [-0.4, -0.2) is 47.6 Å². The van der Waals surface area contributed by atoms with E-state index in [1.165, 1.54) is 30.4 Å². The first-order valence-corrected chi connectivity index (χ1v) is 12.0. The van der Waals surface area contributed by atoms with Gasteiger partial charge in [-0.25, -0.2) is 0 Å². The summed E-state index contributed by atoms with van der Waals surface area (Å²) in [5, 5.41) is 29.9. The molecular weight excluding hydrogens is 526 g/mol. The number of amides is 1. The minimum absolute atomic E-state index is 0.214. The van der Waals surface area contributed by atoms with Crippen molar-refractivity contribution in [3.05, 3.63) is 20.7 Å². The van der Waals surface area contributed by atoms with Crippen LogP contribution in [0.15, 0.2) is 40.2 Å². The number of carbonyl (C=O) groups excluding carboxylic acids is 1. The number of anilines is 2. The number of H-pyrrole nitrogens is 2. The lowest BCUT2D eigenvalue weighted by molar-refractivity contribution is -0.114. The molecule has 0 aliphatic carbocycles. The summed E-state index contributed by atoms with van der Waals surface area (Å²) in [6.07, 6.45) is 1.90. The zero-order valence-electron chi connectivity index (χ0n) is 19.0. The maximum atomic E-state index is 11.5. The monoisotopic (exact) mass is 551 g/mol. The first-order chi connectivity index (χ1) is 16.6. The molecule has 9 N–H and O–H groups in total. The molecule has 0 radical (unpaired) electrons. The molecule has 0 aliphatic rings. The van der Waals surface area contributed by atoms with E-state index in [1.54, 1.807) is 0 Å². The van der Waals surface area contributed by atoms with Gasteiger partial charge in [0.05, 0.1) is 11.8 Å². The third kappa shape index (κ3) is 13.2. The van der Waals surface area contributed by atoms with Crippen LogP contribution in [0.2, 0.25) is 0 Å². The molecule has 0 spiro atoms. The standard InChI is InChI=1S/C9H13N3O3S.C7H11N3O2S.ClH2N5/c1-3-4-16-9-11-7(14)6(8(15)12-9)10-5(2)13;1-2-3-13-7-9-5(11)4(8)6(12)10-7;1-3-5-6-4-2/h3-4H2,1-2H3,(H,10,13)(H2,11,12,14,15);2-3,8H2,1H3,(H2,9,10,11,12);(H2,2,3,6). The van der Waals surface area contributed by atoms with Crippen molar-refractivity contribution in [3.8, 4) is 11.8 Å². The van der Waals surface area contributed by atoms with Gasteiger partial charge in [0.15, 0.2) is 21.7 Å². The Balaban J connectivity index is 0.000000546. The Labute approximate surface area is 212 Å². The number of nitrogens with two attached hydrogens (primary N) is 2. The highest BCUT2D eigenvalue weighted by atomic mass is 35.5. The largest absolute Gasteiger partial charge is 0.492 e. The molecule has 0 aliphatic heterocycles. The highest BCUT2D eigenvalue weighted by Crippen LogP contribution is 2.20. The van der Waals surface area contributed by atoms with Crippen molar-refractivity contribution in [2.75, 3.05) is 22.6 Å².